The Labute approximate surface area is 196 Å². The molecule has 2 heterocycles. The number of rotatable bonds is 11. The van der Waals surface area contributed by atoms with Gasteiger partial charge < -0.3 is 18.6 Å². The molecule has 0 atom stereocenters. The van der Waals surface area contributed by atoms with Crippen molar-refractivity contribution in [1.82, 2.24) is 9.13 Å². The van der Waals surface area contributed by atoms with Gasteiger partial charge in [-0.05, 0) is 54.5 Å². The van der Waals surface area contributed by atoms with E-state index in [2.05, 4.69) is 36.9 Å². The quantitative estimate of drug-likeness (QED) is 0.302. The average molecular weight is 451 g/mol. The molecule has 0 unspecified atom stereocenters. The van der Waals surface area contributed by atoms with Gasteiger partial charge in [-0.25, -0.2) is 4.79 Å². The predicted molar refractivity (Wildman–Crippen MR) is 128 cm³/mol. The Morgan fingerprint density at radius 1 is 0.970 bits per heavy atom. The third-order valence-corrected chi connectivity index (χ3v) is 5.77. The summed E-state index contributed by atoms with van der Waals surface area (Å²) in [5, 5.41) is 0. The van der Waals surface area contributed by atoms with Crippen molar-refractivity contribution in [3.63, 3.8) is 0 Å². The molecule has 3 rings (SSSR count). The maximum absolute atomic E-state index is 13.1. The molecule has 0 bridgehead atoms. The summed E-state index contributed by atoms with van der Waals surface area (Å²) in [7, 11) is 0. The molecule has 0 aliphatic carbocycles. The van der Waals surface area contributed by atoms with Gasteiger partial charge in [-0.2, -0.15) is 0 Å². The number of esters is 2. The largest absolute Gasteiger partial charge is 0.466 e. The van der Waals surface area contributed by atoms with Crippen LogP contribution in [0.15, 0.2) is 48.8 Å². The lowest BCUT2D eigenvalue weighted by molar-refractivity contribution is -0.141. The molecule has 0 spiro atoms. The fourth-order valence-electron chi connectivity index (χ4n) is 4.16. The highest BCUT2D eigenvalue weighted by atomic mass is 16.5. The second-order valence-electron chi connectivity index (χ2n) is 8.26. The van der Waals surface area contributed by atoms with Crippen LogP contribution in [0.3, 0.4) is 0 Å². The van der Waals surface area contributed by atoms with Gasteiger partial charge in [0.1, 0.15) is 12.3 Å². The number of benzene rings is 1. The second-order valence-corrected chi connectivity index (χ2v) is 8.26. The first-order chi connectivity index (χ1) is 15.9. The van der Waals surface area contributed by atoms with Gasteiger partial charge in [0.25, 0.3) is 0 Å². The summed E-state index contributed by atoms with van der Waals surface area (Å²) in [6.45, 7) is 9.44. The van der Waals surface area contributed by atoms with Crippen LogP contribution in [-0.2, 0) is 46.8 Å². The third kappa shape index (κ3) is 6.37. The maximum Gasteiger partial charge on any atom is 0.355 e. The number of ether oxygens (including phenoxy) is 2. The van der Waals surface area contributed by atoms with E-state index in [1.54, 1.807) is 0 Å². The molecule has 1 aromatic carbocycles. The highest BCUT2D eigenvalue weighted by Gasteiger charge is 2.21. The summed E-state index contributed by atoms with van der Waals surface area (Å²) in [6, 6.07) is 11.7. The average Bonchev–Trinajstić information content (AvgIpc) is 3.35. The molecular formula is C27H34N2O4. The van der Waals surface area contributed by atoms with Gasteiger partial charge in [-0.3, -0.25) is 4.79 Å². The molecule has 0 N–H and O–H groups in total. The number of hydrogen-bond donors (Lipinski definition) is 0. The Bertz CT molecular complexity index is 1060. The first-order valence-corrected chi connectivity index (χ1v) is 11.6. The number of aryl methyl sites for hydroxylation is 3. The molecule has 176 valence electrons. The van der Waals surface area contributed by atoms with E-state index in [1.807, 2.05) is 41.8 Å². The highest BCUT2D eigenvalue weighted by molar-refractivity contribution is 5.89. The zero-order chi connectivity index (χ0) is 23.8. The first-order valence-electron chi connectivity index (χ1n) is 11.6. The molecule has 3 aromatic rings. The number of nitrogens with zero attached hydrogens (tertiary/aromatic N) is 2. The SMILES string of the molecule is CCc1cn(Cc2cc(C)c(C(=O)OCc3ccccc3)n2CCCOC(C)=O)cc1CC. The fourth-order valence-corrected chi connectivity index (χ4v) is 4.16. The van der Waals surface area contributed by atoms with Gasteiger partial charge in [-0.15, -0.1) is 0 Å². The molecule has 0 aliphatic heterocycles. The van der Waals surface area contributed by atoms with E-state index < -0.39 is 0 Å². The van der Waals surface area contributed by atoms with Crippen molar-refractivity contribution in [3.05, 3.63) is 82.4 Å². The van der Waals surface area contributed by atoms with Gasteiger partial charge in [0.05, 0.1) is 13.2 Å². The summed E-state index contributed by atoms with van der Waals surface area (Å²) >= 11 is 0. The standard InChI is InChI=1S/C27H34N2O4/c1-5-23-16-28(17-24(23)6-2)18-25-15-20(3)26(29(25)13-10-14-32-21(4)30)27(31)33-19-22-11-8-7-9-12-22/h7-9,11-12,15-17H,5-6,10,13-14,18-19H2,1-4H3. The van der Waals surface area contributed by atoms with Crippen molar-refractivity contribution in [2.75, 3.05) is 6.61 Å². The van der Waals surface area contributed by atoms with Crippen molar-refractivity contribution in [3.8, 4) is 0 Å². The van der Waals surface area contributed by atoms with E-state index in [1.165, 1.54) is 18.1 Å². The molecule has 0 amide bonds. The minimum absolute atomic E-state index is 0.227. The lowest BCUT2D eigenvalue weighted by Crippen LogP contribution is -2.17. The third-order valence-electron chi connectivity index (χ3n) is 5.77. The zero-order valence-corrected chi connectivity index (χ0v) is 20.1. The Morgan fingerprint density at radius 2 is 1.64 bits per heavy atom. The van der Waals surface area contributed by atoms with Crippen molar-refractivity contribution >= 4 is 11.9 Å². The van der Waals surface area contributed by atoms with Crippen LogP contribution in [0.4, 0.5) is 0 Å². The van der Waals surface area contributed by atoms with E-state index in [0.29, 0.717) is 31.8 Å². The van der Waals surface area contributed by atoms with Crippen LogP contribution in [0, 0.1) is 6.92 Å². The molecule has 0 saturated heterocycles. The van der Waals surface area contributed by atoms with E-state index in [9.17, 15) is 9.59 Å². The van der Waals surface area contributed by atoms with Crippen molar-refractivity contribution in [2.24, 2.45) is 0 Å². The Hall–Kier alpha value is -3.28. The number of carbonyl (C=O) groups is 2. The molecule has 6 nitrogen and oxygen atoms in total. The summed E-state index contributed by atoms with van der Waals surface area (Å²) < 4.78 is 15.0. The molecule has 6 heteroatoms. The van der Waals surface area contributed by atoms with E-state index in [0.717, 1.165) is 29.7 Å². The van der Waals surface area contributed by atoms with E-state index >= 15 is 0 Å². The van der Waals surface area contributed by atoms with E-state index in [-0.39, 0.29) is 18.5 Å². The van der Waals surface area contributed by atoms with Crippen molar-refractivity contribution < 1.29 is 19.1 Å². The topological polar surface area (TPSA) is 62.5 Å². The highest BCUT2D eigenvalue weighted by Crippen LogP contribution is 2.21. The van der Waals surface area contributed by atoms with Crippen LogP contribution in [0.25, 0.3) is 0 Å². The van der Waals surface area contributed by atoms with Crippen LogP contribution in [0.5, 0.6) is 0 Å². The monoisotopic (exact) mass is 450 g/mol. The van der Waals surface area contributed by atoms with Gasteiger partial charge in [-0.1, -0.05) is 44.2 Å². The minimum Gasteiger partial charge on any atom is -0.466 e. The Morgan fingerprint density at radius 3 is 2.24 bits per heavy atom. The zero-order valence-electron chi connectivity index (χ0n) is 20.1. The summed E-state index contributed by atoms with van der Waals surface area (Å²) in [5.74, 6) is -0.640. The van der Waals surface area contributed by atoms with Gasteiger partial charge in [0.2, 0.25) is 0 Å². The number of aromatic nitrogens is 2. The van der Waals surface area contributed by atoms with Crippen LogP contribution in [-0.4, -0.2) is 27.7 Å². The lowest BCUT2D eigenvalue weighted by atomic mass is 10.1. The van der Waals surface area contributed by atoms with Gasteiger partial charge in [0.15, 0.2) is 0 Å². The summed E-state index contributed by atoms with van der Waals surface area (Å²) in [6.07, 6.45) is 6.99. The number of hydrogen-bond acceptors (Lipinski definition) is 4. The molecule has 33 heavy (non-hydrogen) atoms. The summed E-state index contributed by atoms with van der Waals surface area (Å²) in [4.78, 5) is 24.2. The second kappa shape index (κ2) is 11.5. The molecule has 0 saturated carbocycles. The summed E-state index contributed by atoms with van der Waals surface area (Å²) in [5.41, 5.74) is 6.12. The number of carbonyl (C=O) groups excluding carboxylic acids is 2. The Kier molecular flexibility index (Phi) is 8.52. The molecule has 2 aromatic heterocycles. The van der Waals surface area contributed by atoms with Crippen LogP contribution < -0.4 is 0 Å². The molecule has 0 fully saturated rings. The van der Waals surface area contributed by atoms with Crippen molar-refractivity contribution in [2.45, 2.75) is 66.7 Å². The smallest absolute Gasteiger partial charge is 0.355 e. The van der Waals surface area contributed by atoms with Crippen LogP contribution in [0.2, 0.25) is 0 Å². The molecule has 0 radical (unpaired) electrons. The lowest BCUT2D eigenvalue weighted by Gasteiger charge is -2.14. The Balaban J connectivity index is 1.84. The normalized spacial score (nSPS) is 10.9. The van der Waals surface area contributed by atoms with Crippen molar-refractivity contribution in [1.29, 1.82) is 0 Å². The maximum atomic E-state index is 13.1. The van der Waals surface area contributed by atoms with E-state index in [4.69, 9.17) is 9.47 Å². The van der Waals surface area contributed by atoms with Crippen LogP contribution in [0.1, 0.15) is 65.6 Å². The minimum atomic E-state index is -0.342. The predicted octanol–water partition coefficient (Wildman–Crippen LogP) is 5.08. The van der Waals surface area contributed by atoms with Gasteiger partial charge in [0, 0.05) is 31.6 Å². The fraction of sp³-hybridized carbons (Fsp3) is 0.407. The molecule has 0 aliphatic rings. The van der Waals surface area contributed by atoms with Gasteiger partial charge >= 0.3 is 11.9 Å². The molecular weight excluding hydrogens is 416 g/mol. The first kappa shape index (κ1) is 24.4. The van der Waals surface area contributed by atoms with Crippen LogP contribution >= 0.6 is 0 Å².